The summed E-state index contributed by atoms with van der Waals surface area (Å²) in [4.78, 5) is 2.16. The van der Waals surface area contributed by atoms with Gasteiger partial charge in [0.25, 0.3) is 0 Å². The molecule has 2 nitrogen and oxygen atoms in total. The third-order valence-corrected chi connectivity index (χ3v) is 3.93. The standard InChI is InChI=1S/C20H21N2.HI/c1-21(2)20(15-16-9-5-4-6-10-16)19-14-13-17-11-7-8-12-18(17)22(19)3;/h4-15H,1-3H3;1H/q+1;/p-1. The van der Waals surface area contributed by atoms with Crippen LogP contribution in [0.2, 0.25) is 0 Å². The van der Waals surface area contributed by atoms with Gasteiger partial charge in [0, 0.05) is 31.6 Å². The van der Waals surface area contributed by atoms with Gasteiger partial charge < -0.3 is 28.9 Å². The minimum absolute atomic E-state index is 0. The molecule has 0 spiro atoms. The fourth-order valence-corrected chi connectivity index (χ4v) is 2.74. The van der Waals surface area contributed by atoms with Crippen LogP contribution in [0.15, 0.2) is 66.7 Å². The van der Waals surface area contributed by atoms with Crippen LogP contribution in [0.4, 0.5) is 0 Å². The van der Waals surface area contributed by atoms with E-state index in [9.17, 15) is 0 Å². The van der Waals surface area contributed by atoms with Gasteiger partial charge in [-0.15, -0.1) is 0 Å². The molecule has 3 rings (SSSR count). The molecule has 0 aliphatic heterocycles. The van der Waals surface area contributed by atoms with E-state index in [2.05, 4.69) is 97.3 Å². The van der Waals surface area contributed by atoms with Crippen molar-refractivity contribution >= 4 is 22.7 Å². The molecule has 0 atom stereocenters. The molecule has 0 saturated heterocycles. The zero-order valence-corrected chi connectivity index (χ0v) is 15.9. The Kier molecular flexibility index (Phi) is 5.77. The molecular formula is C20H21IN2. The topological polar surface area (TPSA) is 7.12 Å². The smallest absolute Gasteiger partial charge is 0.229 e. The molecule has 0 amide bonds. The van der Waals surface area contributed by atoms with E-state index >= 15 is 0 Å². The highest BCUT2D eigenvalue weighted by Gasteiger charge is 2.17. The number of benzene rings is 2. The molecule has 0 N–H and O–H groups in total. The van der Waals surface area contributed by atoms with E-state index in [4.69, 9.17) is 0 Å². The number of para-hydroxylation sites is 1. The van der Waals surface area contributed by atoms with Crippen molar-refractivity contribution in [3.63, 3.8) is 0 Å². The Morgan fingerprint density at radius 2 is 1.52 bits per heavy atom. The molecule has 0 aliphatic carbocycles. The van der Waals surface area contributed by atoms with Crippen molar-refractivity contribution in [2.75, 3.05) is 14.1 Å². The number of fused-ring (bicyclic) bond motifs is 1. The van der Waals surface area contributed by atoms with Gasteiger partial charge >= 0.3 is 0 Å². The van der Waals surface area contributed by atoms with Gasteiger partial charge in [-0.05, 0) is 23.8 Å². The van der Waals surface area contributed by atoms with E-state index in [-0.39, 0.29) is 24.0 Å². The molecule has 0 bridgehead atoms. The Balaban J connectivity index is 0.00000192. The Labute approximate surface area is 155 Å². The van der Waals surface area contributed by atoms with E-state index < -0.39 is 0 Å². The van der Waals surface area contributed by atoms with Crippen molar-refractivity contribution < 1.29 is 28.5 Å². The number of pyridine rings is 1. The number of hydrogen-bond donors (Lipinski definition) is 0. The highest BCUT2D eigenvalue weighted by Crippen LogP contribution is 2.20. The van der Waals surface area contributed by atoms with Crippen LogP contribution in [-0.2, 0) is 7.05 Å². The molecular weight excluding hydrogens is 395 g/mol. The quantitative estimate of drug-likeness (QED) is 0.451. The molecule has 118 valence electrons. The van der Waals surface area contributed by atoms with Gasteiger partial charge in [0.2, 0.25) is 11.2 Å². The molecule has 0 aliphatic rings. The molecule has 23 heavy (non-hydrogen) atoms. The lowest BCUT2D eigenvalue weighted by atomic mass is 10.1. The molecule has 0 fully saturated rings. The summed E-state index contributed by atoms with van der Waals surface area (Å²) in [5.74, 6) is 0. The van der Waals surface area contributed by atoms with Crippen LogP contribution in [0.5, 0.6) is 0 Å². The van der Waals surface area contributed by atoms with Crippen LogP contribution in [-0.4, -0.2) is 19.0 Å². The fourth-order valence-electron chi connectivity index (χ4n) is 2.74. The van der Waals surface area contributed by atoms with Crippen LogP contribution in [0.25, 0.3) is 22.7 Å². The number of halogens is 1. The second-order valence-corrected chi connectivity index (χ2v) is 5.67. The molecule has 0 radical (unpaired) electrons. The lowest BCUT2D eigenvalue weighted by Gasteiger charge is -2.16. The molecule has 0 unspecified atom stereocenters. The maximum atomic E-state index is 2.25. The van der Waals surface area contributed by atoms with Crippen molar-refractivity contribution in [3.8, 4) is 0 Å². The van der Waals surface area contributed by atoms with Crippen LogP contribution < -0.4 is 28.5 Å². The van der Waals surface area contributed by atoms with Gasteiger partial charge in [-0.25, -0.2) is 0 Å². The number of aromatic nitrogens is 1. The van der Waals surface area contributed by atoms with Crippen LogP contribution in [0.1, 0.15) is 11.3 Å². The zero-order valence-electron chi connectivity index (χ0n) is 13.7. The first-order chi connectivity index (χ1) is 10.7. The Morgan fingerprint density at radius 1 is 0.870 bits per heavy atom. The minimum Gasteiger partial charge on any atom is -1.00 e. The average molecular weight is 416 g/mol. The average Bonchev–Trinajstić information content (AvgIpc) is 2.54. The van der Waals surface area contributed by atoms with Gasteiger partial charge in [-0.1, -0.05) is 42.5 Å². The summed E-state index contributed by atoms with van der Waals surface area (Å²) in [6.07, 6.45) is 2.23. The van der Waals surface area contributed by atoms with Crippen molar-refractivity contribution in [2.45, 2.75) is 0 Å². The van der Waals surface area contributed by atoms with Crippen LogP contribution in [0, 0.1) is 0 Å². The van der Waals surface area contributed by atoms with Crippen molar-refractivity contribution in [1.29, 1.82) is 0 Å². The molecule has 3 aromatic rings. The maximum Gasteiger partial charge on any atom is 0.229 e. The van der Waals surface area contributed by atoms with Gasteiger partial charge in [0.1, 0.15) is 12.7 Å². The summed E-state index contributed by atoms with van der Waals surface area (Å²) in [6, 6.07) is 23.3. The minimum atomic E-state index is 0. The summed E-state index contributed by atoms with van der Waals surface area (Å²) in [7, 11) is 6.30. The van der Waals surface area contributed by atoms with E-state index in [1.807, 2.05) is 6.07 Å². The molecule has 2 aromatic carbocycles. The summed E-state index contributed by atoms with van der Waals surface area (Å²) in [6.45, 7) is 0. The summed E-state index contributed by atoms with van der Waals surface area (Å²) in [5, 5.41) is 1.26. The zero-order chi connectivity index (χ0) is 15.5. The number of hydrogen-bond acceptors (Lipinski definition) is 1. The van der Waals surface area contributed by atoms with Crippen molar-refractivity contribution in [2.24, 2.45) is 7.05 Å². The van der Waals surface area contributed by atoms with Gasteiger partial charge in [-0.3, -0.25) is 0 Å². The van der Waals surface area contributed by atoms with Gasteiger partial charge in [0.05, 0.1) is 0 Å². The van der Waals surface area contributed by atoms with Crippen LogP contribution >= 0.6 is 0 Å². The maximum absolute atomic E-state index is 2.25. The normalized spacial score (nSPS) is 11.2. The van der Waals surface area contributed by atoms with E-state index in [0.29, 0.717) is 0 Å². The lowest BCUT2D eigenvalue weighted by molar-refractivity contribution is -0.647. The van der Waals surface area contributed by atoms with E-state index in [1.165, 1.54) is 27.9 Å². The second-order valence-electron chi connectivity index (χ2n) is 5.67. The number of aryl methyl sites for hydroxylation is 1. The molecule has 1 heterocycles. The van der Waals surface area contributed by atoms with Crippen molar-refractivity contribution in [1.82, 2.24) is 4.90 Å². The summed E-state index contributed by atoms with van der Waals surface area (Å²) >= 11 is 0. The number of nitrogens with zero attached hydrogens (tertiary/aromatic N) is 2. The highest BCUT2D eigenvalue weighted by molar-refractivity contribution is 5.81. The lowest BCUT2D eigenvalue weighted by Crippen LogP contribution is -3.00. The van der Waals surface area contributed by atoms with Gasteiger partial charge in [-0.2, -0.15) is 4.57 Å². The third-order valence-electron chi connectivity index (χ3n) is 3.93. The number of rotatable bonds is 3. The summed E-state index contributed by atoms with van der Waals surface area (Å²) in [5.41, 5.74) is 4.84. The van der Waals surface area contributed by atoms with E-state index in [0.717, 1.165) is 0 Å². The predicted octanol–water partition coefficient (Wildman–Crippen LogP) is 0.728. The first kappa shape index (κ1) is 17.5. The predicted molar refractivity (Wildman–Crippen MR) is 93.1 cm³/mol. The van der Waals surface area contributed by atoms with Crippen molar-refractivity contribution in [3.05, 3.63) is 78.0 Å². The molecule has 0 saturated carbocycles. The molecule has 3 heteroatoms. The second kappa shape index (κ2) is 7.59. The SMILES string of the molecule is CN(C)C(=Cc1ccccc1)c1ccc2ccccc2[n+]1C.[I-]. The Bertz CT molecular complexity index is 823. The first-order valence-electron chi connectivity index (χ1n) is 7.49. The fraction of sp³-hybridized carbons (Fsp3) is 0.150. The molecule has 1 aromatic heterocycles. The summed E-state index contributed by atoms with van der Waals surface area (Å²) < 4.78 is 2.25. The third kappa shape index (κ3) is 3.72. The Morgan fingerprint density at radius 3 is 2.22 bits per heavy atom. The first-order valence-corrected chi connectivity index (χ1v) is 7.49. The monoisotopic (exact) mass is 416 g/mol. The largest absolute Gasteiger partial charge is 1.00 e. The highest BCUT2D eigenvalue weighted by atomic mass is 127. The van der Waals surface area contributed by atoms with E-state index in [1.54, 1.807) is 0 Å². The van der Waals surface area contributed by atoms with Crippen LogP contribution in [0.3, 0.4) is 0 Å². The van der Waals surface area contributed by atoms with Gasteiger partial charge in [0.15, 0.2) is 0 Å². The Hall–Kier alpha value is -1.88.